The maximum atomic E-state index is 12.9. The van der Waals surface area contributed by atoms with Crippen molar-refractivity contribution in [3.8, 4) is 28.1 Å². The fourth-order valence-corrected chi connectivity index (χ4v) is 5.05. The molecule has 5 rings (SSSR count). The maximum absolute atomic E-state index is 12.9. The Hall–Kier alpha value is -5.38. The minimum Gasteiger partial charge on any atom is -0.490 e. The number of pyridine rings is 1. The molecule has 10 nitrogen and oxygen atoms in total. The maximum Gasteiger partial charge on any atom is 0.435 e. The van der Waals surface area contributed by atoms with Crippen molar-refractivity contribution >= 4 is 28.9 Å². The zero-order valence-corrected chi connectivity index (χ0v) is 27.6. The molecule has 0 aliphatic rings. The highest BCUT2D eigenvalue weighted by atomic mass is 16.6. The Morgan fingerprint density at radius 2 is 1.51 bits per heavy atom. The summed E-state index contributed by atoms with van der Waals surface area (Å²) in [6.45, 7) is 11.0. The zero-order chi connectivity index (χ0) is 33.8. The van der Waals surface area contributed by atoms with Gasteiger partial charge in [-0.25, -0.2) is 9.59 Å². The van der Waals surface area contributed by atoms with Gasteiger partial charge in [-0.2, -0.15) is 4.68 Å². The first-order valence-corrected chi connectivity index (χ1v) is 15.5. The Bertz CT molecular complexity index is 1860. The molecule has 0 bridgehead atoms. The van der Waals surface area contributed by atoms with Gasteiger partial charge in [0.2, 0.25) is 0 Å². The molecule has 244 valence electrons. The van der Waals surface area contributed by atoms with Gasteiger partial charge in [-0.05, 0) is 77.3 Å². The summed E-state index contributed by atoms with van der Waals surface area (Å²) >= 11 is 0. The van der Waals surface area contributed by atoms with E-state index >= 15 is 0 Å². The van der Waals surface area contributed by atoms with E-state index in [1.807, 2.05) is 99.6 Å². The number of fused-ring (bicyclic) bond motifs is 1. The van der Waals surface area contributed by atoms with E-state index in [1.165, 1.54) is 4.68 Å². The largest absolute Gasteiger partial charge is 0.490 e. The number of nitrogens with one attached hydrogen (secondary N) is 1. The predicted octanol–water partition coefficient (Wildman–Crippen LogP) is 7.65. The van der Waals surface area contributed by atoms with Crippen LogP contribution in [0.15, 0.2) is 91.1 Å². The van der Waals surface area contributed by atoms with Crippen molar-refractivity contribution in [2.75, 3.05) is 12.3 Å². The smallest absolute Gasteiger partial charge is 0.435 e. The van der Waals surface area contributed by atoms with Crippen molar-refractivity contribution in [1.82, 2.24) is 20.1 Å². The fraction of sp³-hybridized carbons (Fsp3) is 0.297. The van der Waals surface area contributed by atoms with Gasteiger partial charge in [0.1, 0.15) is 23.6 Å². The zero-order valence-electron chi connectivity index (χ0n) is 27.6. The molecule has 0 aliphatic carbocycles. The normalized spacial score (nSPS) is 12.4. The molecule has 10 heteroatoms. The first-order chi connectivity index (χ1) is 22.3. The van der Waals surface area contributed by atoms with Crippen molar-refractivity contribution in [3.05, 3.63) is 96.7 Å². The molecule has 1 atom stereocenters. The van der Waals surface area contributed by atoms with E-state index in [4.69, 9.17) is 24.9 Å². The van der Waals surface area contributed by atoms with Gasteiger partial charge in [-0.15, -0.1) is 5.10 Å². The molecule has 3 aromatic carbocycles. The number of hydrogen-bond acceptors (Lipinski definition) is 8. The van der Waals surface area contributed by atoms with Gasteiger partial charge >= 0.3 is 12.2 Å². The number of amides is 1. The van der Waals surface area contributed by atoms with Crippen molar-refractivity contribution in [1.29, 1.82) is 0 Å². The lowest BCUT2D eigenvalue weighted by Gasteiger charge is -2.24. The number of rotatable bonds is 8. The van der Waals surface area contributed by atoms with Gasteiger partial charge in [0.25, 0.3) is 0 Å². The standard InChI is InChI=1S/C37H41N5O5/c1-36(2,3)46-34(43)40-27(19-24-13-9-7-10-14-24)23-45-28-21-29(32(39-22-28)25-15-11-8-12-16-25)26-17-18-31-30(20-26)33(38)41-42(31)35(44)47-37(4,5)6/h7-18,20-22,27H,19,23H2,1-6H3,(H2,38,41)(H,40,43)/t27-/m0/s1. The molecular formula is C37H41N5O5. The van der Waals surface area contributed by atoms with Crippen molar-refractivity contribution in [2.24, 2.45) is 0 Å². The van der Waals surface area contributed by atoms with Crippen LogP contribution >= 0.6 is 0 Å². The van der Waals surface area contributed by atoms with Crippen LogP contribution in [-0.2, 0) is 15.9 Å². The number of nitrogens with two attached hydrogens (primary N) is 1. The van der Waals surface area contributed by atoms with Gasteiger partial charge in [0, 0.05) is 16.5 Å². The molecule has 0 spiro atoms. The first kappa shape index (κ1) is 33.0. The highest BCUT2D eigenvalue weighted by Gasteiger charge is 2.23. The lowest BCUT2D eigenvalue weighted by atomic mass is 9.98. The summed E-state index contributed by atoms with van der Waals surface area (Å²) in [5.74, 6) is 0.715. The third kappa shape index (κ3) is 8.66. The number of alkyl carbamates (subject to hydrolysis) is 1. The minimum atomic E-state index is -0.691. The second kappa shape index (κ2) is 13.5. The van der Waals surface area contributed by atoms with Crippen LogP contribution < -0.4 is 15.8 Å². The van der Waals surface area contributed by atoms with Crippen LogP contribution in [-0.4, -0.2) is 50.8 Å². The first-order valence-electron chi connectivity index (χ1n) is 15.5. The number of anilines is 1. The third-order valence-electron chi connectivity index (χ3n) is 6.99. The molecule has 2 heterocycles. The summed E-state index contributed by atoms with van der Waals surface area (Å²) in [4.78, 5) is 30.4. The Morgan fingerprint density at radius 1 is 0.851 bits per heavy atom. The minimum absolute atomic E-state index is 0.175. The molecule has 3 N–H and O–H groups in total. The van der Waals surface area contributed by atoms with E-state index in [0.29, 0.717) is 23.1 Å². The summed E-state index contributed by atoms with van der Waals surface area (Å²) in [5, 5.41) is 7.83. The second-order valence-corrected chi connectivity index (χ2v) is 13.3. The average molecular weight is 636 g/mol. The van der Waals surface area contributed by atoms with Gasteiger partial charge in [0.15, 0.2) is 5.82 Å². The second-order valence-electron chi connectivity index (χ2n) is 13.3. The van der Waals surface area contributed by atoms with E-state index < -0.39 is 23.4 Å². The number of nitrogen functional groups attached to an aromatic ring is 1. The Morgan fingerprint density at radius 3 is 2.17 bits per heavy atom. The Balaban J connectivity index is 1.47. The quantitative estimate of drug-likeness (QED) is 0.178. The third-order valence-corrected chi connectivity index (χ3v) is 6.99. The van der Waals surface area contributed by atoms with Crippen molar-refractivity contribution in [2.45, 2.75) is 65.2 Å². The summed E-state index contributed by atoms with van der Waals surface area (Å²) in [5.41, 5.74) is 9.80. The fourth-order valence-electron chi connectivity index (χ4n) is 5.05. The number of nitrogens with zero attached hydrogens (tertiary/aromatic N) is 3. The van der Waals surface area contributed by atoms with Crippen LogP contribution in [0.5, 0.6) is 5.75 Å². The van der Waals surface area contributed by atoms with Crippen molar-refractivity contribution < 1.29 is 23.8 Å². The van der Waals surface area contributed by atoms with E-state index in [-0.39, 0.29) is 18.5 Å². The molecule has 0 saturated carbocycles. The van der Waals surface area contributed by atoms with Gasteiger partial charge < -0.3 is 25.3 Å². The summed E-state index contributed by atoms with van der Waals surface area (Å²) in [6.07, 6.45) is 1.09. The van der Waals surface area contributed by atoms with Crippen LogP contribution in [0.4, 0.5) is 15.4 Å². The van der Waals surface area contributed by atoms with E-state index in [9.17, 15) is 9.59 Å². The molecule has 0 fully saturated rings. The van der Waals surface area contributed by atoms with Crippen LogP contribution in [0.3, 0.4) is 0 Å². The Labute approximate surface area is 274 Å². The number of ether oxygens (including phenoxy) is 3. The molecule has 2 aromatic heterocycles. The molecule has 0 radical (unpaired) electrons. The average Bonchev–Trinajstić information content (AvgIpc) is 3.34. The molecule has 1 amide bonds. The van der Waals surface area contributed by atoms with Crippen LogP contribution in [0.2, 0.25) is 0 Å². The van der Waals surface area contributed by atoms with Gasteiger partial charge in [-0.3, -0.25) is 4.98 Å². The lowest BCUT2D eigenvalue weighted by molar-refractivity contribution is 0.0484. The molecule has 5 aromatic rings. The van der Waals surface area contributed by atoms with E-state index in [2.05, 4.69) is 10.4 Å². The monoisotopic (exact) mass is 635 g/mol. The highest BCUT2D eigenvalue weighted by Crippen LogP contribution is 2.36. The number of hydrogen-bond donors (Lipinski definition) is 2. The van der Waals surface area contributed by atoms with E-state index in [0.717, 1.165) is 27.9 Å². The SMILES string of the molecule is CC(C)(C)OC(=O)N[C@H](COc1cnc(-c2ccccc2)c(-c2ccc3c(c2)c(N)nn3C(=O)OC(C)(C)C)c1)Cc1ccccc1. The number of carbonyl (C=O) groups excluding carboxylic acids is 2. The summed E-state index contributed by atoms with van der Waals surface area (Å²) < 4.78 is 18.5. The molecule has 0 aliphatic heterocycles. The number of benzene rings is 3. The summed E-state index contributed by atoms with van der Waals surface area (Å²) in [7, 11) is 0. The summed E-state index contributed by atoms with van der Waals surface area (Å²) in [6, 6.07) is 26.8. The van der Waals surface area contributed by atoms with Crippen LogP contribution in [0, 0.1) is 0 Å². The highest BCUT2D eigenvalue weighted by molar-refractivity contribution is 5.98. The number of carbonyl (C=O) groups is 2. The lowest BCUT2D eigenvalue weighted by Crippen LogP contribution is -2.43. The Kier molecular flexibility index (Phi) is 9.51. The topological polar surface area (TPSA) is 131 Å². The van der Waals surface area contributed by atoms with Crippen LogP contribution in [0.25, 0.3) is 33.3 Å². The van der Waals surface area contributed by atoms with Crippen LogP contribution in [0.1, 0.15) is 47.1 Å². The molecule has 0 unspecified atom stereocenters. The molecule has 0 saturated heterocycles. The van der Waals surface area contributed by atoms with Gasteiger partial charge in [-0.1, -0.05) is 66.7 Å². The van der Waals surface area contributed by atoms with Gasteiger partial charge in [0.05, 0.1) is 23.4 Å². The number of aromatic nitrogens is 3. The van der Waals surface area contributed by atoms with Crippen molar-refractivity contribution in [3.63, 3.8) is 0 Å². The molecular weight excluding hydrogens is 594 g/mol. The predicted molar refractivity (Wildman–Crippen MR) is 183 cm³/mol. The van der Waals surface area contributed by atoms with E-state index in [1.54, 1.807) is 33.0 Å². The molecule has 47 heavy (non-hydrogen) atoms.